The zero-order chi connectivity index (χ0) is 11.3. The van der Waals surface area contributed by atoms with E-state index >= 15 is 0 Å². The molecule has 0 bridgehead atoms. The summed E-state index contributed by atoms with van der Waals surface area (Å²) in [6.07, 6.45) is -0.876. The molecule has 0 amide bonds. The standard InChI is InChI=1S/C6H10FN7/c1-14(2)6-12-4(7)11-5(13-6)9-3-10-8/h8H,3H2,1-2H3,(H,9,11,12,13)/i/hD. The third-order valence-corrected chi connectivity index (χ3v) is 1.30. The zero-order valence-corrected chi connectivity index (χ0v) is 7.77. The van der Waals surface area contributed by atoms with Crippen molar-refractivity contribution in [1.29, 1.82) is 5.52 Å². The van der Waals surface area contributed by atoms with E-state index in [1.54, 1.807) is 19.0 Å². The van der Waals surface area contributed by atoms with Crippen LogP contribution < -0.4 is 10.2 Å². The summed E-state index contributed by atoms with van der Waals surface area (Å²) in [7, 11) is 3.37. The molecule has 0 unspecified atom stereocenters. The van der Waals surface area contributed by atoms with Crippen molar-refractivity contribution in [3.05, 3.63) is 6.08 Å². The molecule has 0 radical (unpaired) electrons. The summed E-state index contributed by atoms with van der Waals surface area (Å²) < 4.78 is 19.3. The van der Waals surface area contributed by atoms with Gasteiger partial charge in [0, 0.05) is 14.1 Å². The molecule has 1 aromatic heterocycles. The predicted octanol–water partition coefficient (Wildman–Crippen LogP) is 0.477. The van der Waals surface area contributed by atoms with Crippen LogP contribution in [0.25, 0.3) is 0 Å². The Morgan fingerprint density at radius 3 is 3.00 bits per heavy atom. The molecule has 0 atom stereocenters. The maximum Gasteiger partial charge on any atom is 0.315 e. The van der Waals surface area contributed by atoms with E-state index in [1.807, 2.05) is 0 Å². The SMILES string of the molecule is [2H]N=NCNc1nc(F)nc(N(C)C)n1. The van der Waals surface area contributed by atoms with Crippen molar-refractivity contribution in [1.82, 2.24) is 15.0 Å². The number of aromatic nitrogens is 3. The highest BCUT2D eigenvalue weighted by Crippen LogP contribution is 2.06. The fourth-order valence-electron chi connectivity index (χ4n) is 0.725. The summed E-state index contributed by atoms with van der Waals surface area (Å²) in [6, 6.07) is 0. The summed E-state index contributed by atoms with van der Waals surface area (Å²) in [5.74, 6) is 0.256. The molecule has 1 heterocycles. The van der Waals surface area contributed by atoms with Crippen molar-refractivity contribution in [2.45, 2.75) is 0 Å². The van der Waals surface area contributed by atoms with Crippen molar-refractivity contribution >= 4 is 11.9 Å². The Hall–Kier alpha value is -1.86. The van der Waals surface area contributed by atoms with Gasteiger partial charge in [0.2, 0.25) is 13.3 Å². The third-order valence-electron chi connectivity index (χ3n) is 1.30. The third kappa shape index (κ3) is 2.57. The summed E-state index contributed by atoms with van der Waals surface area (Å²) in [5, 5.41) is 5.89. The Bertz CT molecular complexity index is 355. The maximum atomic E-state index is 12.9. The summed E-state index contributed by atoms with van der Waals surface area (Å²) in [4.78, 5) is 12.3. The van der Waals surface area contributed by atoms with Gasteiger partial charge < -0.3 is 10.2 Å². The molecule has 1 aromatic rings. The molecule has 0 aliphatic rings. The fourth-order valence-corrected chi connectivity index (χ4v) is 0.725. The minimum atomic E-state index is -0.876. The van der Waals surface area contributed by atoms with Gasteiger partial charge in [0.15, 0.2) is 0 Å². The lowest BCUT2D eigenvalue weighted by atomic mass is 10.7. The van der Waals surface area contributed by atoms with Crippen LogP contribution in [0.1, 0.15) is 0 Å². The van der Waals surface area contributed by atoms with Gasteiger partial charge in [-0.1, -0.05) is 0 Å². The highest BCUT2D eigenvalue weighted by molar-refractivity contribution is 5.33. The number of hydrogen-bond donors (Lipinski definition) is 2. The van der Waals surface area contributed by atoms with E-state index < -0.39 is 6.08 Å². The van der Waals surface area contributed by atoms with Gasteiger partial charge in [0.1, 0.15) is 6.67 Å². The van der Waals surface area contributed by atoms with Gasteiger partial charge in [-0.05, 0) is 0 Å². The first kappa shape index (κ1) is 8.73. The second-order valence-electron chi connectivity index (χ2n) is 2.60. The van der Waals surface area contributed by atoms with Gasteiger partial charge in [-0.2, -0.15) is 24.5 Å². The molecular weight excluding hydrogens is 189 g/mol. The molecule has 0 saturated carbocycles. The van der Waals surface area contributed by atoms with Gasteiger partial charge in [-0.3, -0.25) is 0 Å². The lowest BCUT2D eigenvalue weighted by molar-refractivity contribution is 0.534. The number of rotatable bonds is 4. The number of nitrogens with zero attached hydrogens (tertiary/aromatic N) is 5. The van der Waals surface area contributed by atoms with E-state index in [0.29, 0.717) is 0 Å². The molecule has 0 aromatic carbocycles. The summed E-state index contributed by atoms with van der Waals surface area (Å²) >= 11 is 0. The molecule has 0 spiro atoms. The molecule has 7 nitrogen and oxygen atoms in total. The van der Waals surface area contributed by atoms with Crippen LogP contribution in [0.3, 0.4) is 0 Å². The number of nitrogens with one attached hydrogen (secondary N) is 2. The molecular formula is C6H10FN7. The molecule has 2 N–H and O–H groups in total. The van der Waals surface area contributed by atoms with E-state index in [2.05, 4.69) is 30.9 Å². The van der Waals surface area contributed by atoms with Crippen molar-refractivity contribution in [2.24, 2.45) is 5.11 Å². The Balaban J connectivity index is 2.79. The Labute approximate surface area is 81.4 Å². The Kier molecular flexibility index (Phi) is 2.74. The summed E-state index contributed by atoms with van der Waals surface area (Å²) in [6.45, 7) is 0.0137. The zero-order valence-electron chi connectivity index (χ0n) is 8.77. The smallest absolute Gasteiger partial charge is 0.315 e. The molecule has 1 rings (SSSR count). The monoisotopic (exact) mass is 200 g/mol. The second kappa shape index (κ2) is 4.40. The maximum absolute atomic E-state index is 12.9. The van der Waals surface area contributed by atoms with Gasteiger partial charge in [0.25, 0.3) is 0 Å². The normalized spacial score (nSPS) is 11.5. The quantitative estimate of drug-likeness (QED) is 0.690. The first-order chi connectivity index (χ1) is 7.13. The van der Waals surface area contributed by atoms with Crippen LogP contribution in [0.5, 0.6) is 0 Å². The van der Waals surface area contributed by atoms with Crippen molar-refractivity contribution in [3.8, 4) is 0 Å². The minimum absolute atomic E-state index is 0.0137. The van der Waals surface area contributed by atoms with E-state index in [9.17, 15) is 4.39 Å². The van der Waals surface area contributed by atoms with Crippen LogP contribution in [0.4, 0.5) is 16.3 Å². The lowest BCUT2D eigenvalue weighted by Crippen LogP contribution is -2.16. The largest absolute Gasteiger partial charge is 0.347 e. The average Bonchev–Trinajstić information content (AvgIpc) is 2.17. The van der Waals surface area contributed by atoms with E-state index in [0.717, 1.165) is 0 Å². The first-order valence-corrected chi connectivity index (χ1v) is 3.77. The number of anilines is 2. The predicted molar refractivity (Wildman–Crippen MR) is 47.7 cm³/mol. The topological polar surface area (TPSA) is 90.2 Å². The molecule has 0 fully saturated rings. The van der Waals surface area contributed by atoms with Crippen LogP contribution in [-0.2, 0) is 0 Å². The minimum Gasteiger partial charge on any atom is -0.347 e. The Morgan fingerprint density at radius 1 is 1.57 bits per heavy atom. The Morgan fingerprint density at radius 2 is 2.36 bits per heavy atom. The van der Waals surface area contributed by atoms with E-state index in [1.165, 1.54) is 0 Å². The highest BCUT2D eigenvalue weighted by Gasteiger charge is 2.06. The average molecular weight is 200 g/mol. The first-order valence-electron chi connectivity index (χ1n) is 4.22. The van der Waals surface area contributed by atoms with Gasteiger partial charge in [-0.25, -0.2) is 5.52 Å². The van der Waals surface area contributed by atoms with Gasteiger partial charge in [0.05, 0.1) is 0 Å². The molecule has 76 valence electrons. The van der Waals surface area contributed by atoms with Gasteiger partial charge in [-0.15, -0.1) is 0 Å². The lowest BCUT2D eigenvalue weighted by Gasteiger charge is -2.10. The fraction of sp³-hybridized carbons (Fsp3) is 0.500. The van der Waals surface area contributed by atoms with Crippen molar-refractivity contribution in [3.63, 3.8) is 0 Å². The second-order valence-corrected chi connectivity index (χ2v) is 2.60. The molecule has 0 saturated heterocycles. The molecule has 14 heavy (non-hydrogen) atoms. The summed E-state index contributed by atoms with van der Waals surface area (Å²) in [5.41, 5.74) is 2.77. The van der Waals surface area contributed by atoms with E-state index in [-0.39, 0.29) is 18.6 Å². The van der Waals surface area contributed by atoms with Gasteiger partial charge >= 0.3 is 6.08 Å². The van der Waals surface area contributed by atoms with E-state index in [4.69, 9.17) is 1.41 Å². The van der Waals surface area contributed by atoms with Crippen LogP contribution in [0, 0.1) is 11.6 Å². The highest BCUT2D eigenvalue weighted by atomic mass is 19.1. The molecule has 0 aliphatic carbocycles. The van der Waals surface area contributed by atoms with Crippen LogP contribution in [-0.4, -0.2) is 35.7 Å². The molecule has 0 aliphatic heterocycles. The van der Waals surface area contributed by atoms with Crippen LogP contribution >= 0.6 is 0 Å². The van der Waals surface area contributed by atoms with Crippen LogP contribution in [0.15, 0.2) is 5.11 Å². The number of hydrogen-bond acceptors (Lipinski definition) is 7. The number of halogens is 1. The van der Waals surface area contributed by atoms with Crippen molar-refractivity contribution < 1.29 is 5.80 Å². The van der Waals surface area contributed by atoms with Crippen molar-refractivity contribution in [2.75, 3.05) is 31.0 Å². The van der Waals surface area contributed by atoms with Crippen LogP contribution in [0.2, 0.25) is 1.41 Å². The molecule has 8 heteroatoms.